The molecule has 2 aliphatic heterocycles. The topological polar surface area (TPSA) is 106 Å². The van der Waals surface area contributed by atoms with Crippen molar-refractivity contribution in [3.8, 4) is 17.8 Å². The number of carbonyl (C=O) groups is 1. The average Bonchev–Trinajstić information content (AvgIpc) is 3.61. The van der Waals surface area contributed by atoms with Crippen molar-refractivity contribution < 1.29 is 23.5 Å². The predicted molar refractivity (Wildman–Crippen MR) is 182 cm³/mol. The highest BCUT2D eigenvalue weighted by molar-refractivity contribution is 5.91. The maximum atomic E-state index is 13.4. The summed E-state index contributed by atoms with van der Waals surface area (Å²) in [4.78, 5) is 29.3. The molecule has 0 bridgehead atoms. The number of nitrogens with zero attached hydrogens (tertiary/aromatic N) is 6. The molecule has 6 rings (SSSR count). The summed E-state index contributed by atoms with van der Waals surface area (Å²) in [5.74, 6) is 1.09. The molecule has 47 heavy (non-hydrogen) atoms. The van der Waals surface area contributed by atoms with Crippen molar-refractivity contribution in [1.82, 2.24) is 29.8 Å². The van der Waals surface area contributed by atoms with Gasteiger partial charge < -0.3 is 23.6 Å². The van der Waals surface area contributed by atoms with Crippen LogP contribution in [0.1, 0.15) is 47.0 Å². The summed E-state index contributed by atoms with van der Waals surface area (Å²) >= 11 is 0. The third kappa shape index (κ3) is 7.98. The Morgan fingerprint density at radius 1 is 0.872 bits per heavy atom. The van der Waals surface area contributed by atoms with Gasteiger partial charge in [0.15, 0.2) is 0 Å². The maximum Gasteiger partial charge on any atom is 0.322 e. The van der Waals surface area contributed by atoms with Crippen LogP contribution in [0.2, 0.25) is 0 Å². The standard InChI is InChI=1S/C34H40N6O5.2ClH/c1-23(2)44-32-27(31(42-3)36-34(37-32)43-4)21-38-19-26-20-39(33(41)29-15-16-35-45-29)17-18-40(26)28(22-38)30(24-11-7-5-8-12-24)25-13-9-6-10-14-25;;/h5-16,23,26,28,30H,17-22H2,1-4H3;2*1H/t26-,28?;;/m1../s1. The van der Waals surface area contributed by atoms with Gasteiger partial charge in [-0.2, -0.15) is 9.97 Å². The number of ether oxygens (including phenoxy) is 3. The monoisotopic (exact) mass is 684 g/mol. The molecule has 2 atom stereocenters. The van der Waals surface area contributed by atoms with E-state index in [0.717, 1.165) is 25.2 Å². The van der Waals surface area contributed by atoms with Crippen molar-refractivity contribution in [2.24, 2.45) is 0 Å². The second-order valence-electron chi connectivity index (χ2n) is 11.7. The van der Waals surface area contributed by atoms with E-state index in [9.17, 15) is 4.79 Å². The van der Waals surface area contributed by atoms with Gasteiger partial charge in [0.05, 0.1) is 32.1 Å². The first kappa shape index (κ1) is 35.9. The minimum absolute atomic E-state index is 0. The van der Waals surface area contributed by atoms with Crippen molar-refractivity contribution in [3.63, 3.8) is 0 Å². The first-order valence-electron chi connectivity index (χ1n) is 15.4. The SMILES string of the molecule is COc1nc(OC)c(CN2CC(C(c3ccccc3)c3ccccc3)N3CCN(C(=O)c4ccno4)C[C@H]3C2)c(OC(C)C)n1.Cl.Cl. The molecule has 252 valence electrons. The lowest BCUT2D eigenvalue weighted by Crippen LogP contribution is -2.67. The molecule has 0 saturated carbocycles. The summed E-state index contributed by atoms with van der Waals surface area (Å²) in [5, 5.41) is 3.75. The van der Waals surface area contributed by atoms with E-state index in [1.54, 1.807) is 13.2 Å². The van der Waals surface area contributed by atoms with E-state index in [2.05, 4.69) is 85.6 Å². The van der Waals surface area contributed by atoms with Crippen LogP contribution in [0.5, 0.6) is 17.8 Å². The van der Waals surface area contributed by atoms with Gasteiger partial charge in [-0.25, -0.2) is 0 Å². The number of rotatable bonds is 10. The normalized spacial score (nSPS) is 18.2. The van der Waals surface area contributed by atoms with E-state index < -0.39 is 0 Å². The zero-order valence-corrected chi connectivity index (χ0v) is 28.7. The van der Waals surface area contributed by atoms with E-state index in [0.29, 0.717) is 31.4 Å². The molecule has 2 aliphatic rings. The van der Waals surface area contributed by atoms with Gasteiger partial charge in [0.25, 0.3) is 5.91 Å². The van der Waals surface area contributed by atoms with Crippen LogP contribution in [0.3, 0.4) is 0 Å². The molecule has 11 nitrogen and oxygen atoms in total. The highest BCUT2D eigenvalue weighted by Crippen LogP contribution is 2.37. The van der Waals surface area contributed by atoms with Gasteiger partial charge in [-0.15, -0.1) is 24.8 Å². The first-order valence-corrected chi connectivity index (χ1v) is 15.4. The molecule has 2 fully saturated rings. The smallest absolute Gasteiger partial charge is 0.322 e. The molecule has 0 radical (unpaired) electrons. The Morgan fingerprint density at radius 2 is 1.53 bits per heavy atom. The Bertz CT molecular complexity index is 1520. The van der Waals surface area contributed by atoms with Crippen LogP contribution < -0.4 is 14.2 Å². The van der Waals surface area contributed by atoms with Crippen molar-refractivity contribution in [2.45, 2.75) is 44.5 Å². The van der Waals surface area contributed by atoms with Gasteiger partial charge in [-0.05, 0) is 25.0 Å². The molecule has 4 aromatic rings. The summed E-state index contributed by atoms with van der Waals surface area (Å²) < 4.78 is 22.5. The quantitative estimate of drug-likeness (QED) is 0.228. The van der Waals surface area contributed by atoms with Gasteiger partial charge in [0.2, 0.25) is 17.5 Å². The van der Waals surface area contributed by atoms with Crippen LogP contribution in [0, 0.1) is 0 Å². The Morgan fingerprint density at radius 3 is 2.11 bits per heavy atom. The minimum atomic E-state index is -0.138. The fraction of sp³-hybridized carbons (Fsp3) is 0.412. The van der Waals surface area contributed by atoms with Gasteiger partial charge in [-0.1, -0.05) is 65.8 Å². The summed E-state index contributed by atoms with van der Waals surface area (Å²) in [6, 6.07) is 23.4. The number of fused-ring (bicyclic) bond motifs is 1. The molecular formula is C34H42Cl2N6O5. The van der Waals surface area contributed by atoms with Crippen molar-refractivity contribution in [3.05, 3.63) is 95.4 Å². The van der Waals surface area contributed by atoms with Crippen LogP contribution in [-0.2, 0) is 6.54 Å². The molecule has 2 saturated heterocycles. The van der Waals surface area contributed by atoms with E-state index in [4.69, 9.17) is 18.7 Å². The molecule has 2 aromatic heterocycles. The molecule has 1 unspecified atom stereocenters. The predicted octanol–water partition coefficient (Wildman–Crippen LogP) is 4.96. The van der Waals surface area contributed by atoms with Crippen molar-refractivity contribution >= 4 is 30.7 Å². The molecule has 1 amide bonds. The third-order valence-electron chi connectivity index (χ3n) is 8.52. The molecule has 2 aromatic carbocycles. The van der Waals surface area contributed by atoms with E-state index in [-0.39, 0.29) is 66.6 Å². The Labute approximate surface area is 288 Å². The lowest BCUT2D eigenvalue weighted by atomic mass is 9.81. The van der Waals surface area contributed by atoms with Gasteiger partial charge in [0, 0.05) is 63.3 Å². The van der Waals surface area contributed by atoms with Crippen LogP contribution in [0.4, 0.5) is 0 Å². The number of carbonyl (C=O) groups excluding carboxylic acids is 1. The van der Waals surface area contributed by atoms with E-state index >= 15 is 0 Å². The molecule has 13 heteroatoms. The number of piperazine rings is 2. The number of hydrogen-bond donors (Lipinski definition) is 0. The highest BCUT2D eigenvalue weighted by Gasteiger charge is 2.44. The zero-order valence-electron chi connectivity index (χ0n) is 27.0. The lowest BCUT2D eigenvalue weighted by Gasteiger charge is -2.53. The zero-order chi connectivity index (χ0) is 31.3. The summed E-state index contributed by atoms with van der Waals surface area (Å²) in [6.07, 6.45) is 1.40. The number of amides is 1. The molecular weight excluding hydrogens is 643 g/mol. The Kier molecular flexibility index (Phi) is 12.4. The lowest BCUT2D eigenvalue weighted by molar-refractivity contribution is -0.0300. The van der Waals surface area contributed by atoms with Gasteiger partial charge >= 0.3 is 6.01 Å². The van der Waals surface area contributed by atoms with Gasteiger partial charge in [-0.3, -0.25) is 14.6 Å². The Balaban J connectivity index is 0.00000250. The van der Waals surface area contributed by atoms with Crippen LogP contribution >= 0.6 is 24.8 Å². The Hall–Kier alpha value is -3.90. The summed E-state index contributed by atoms with van der Waals surface area (Å²) in [6.45, 7) is 7.85. The van der Waals surface area contributed by atoms with Gasteiger partial charge in [0.1, 0.15) is 0 Å². The molecule has 0 aliphatic carbocycles. The van der Waals surface area contributed by atoms with Crippen molar-refractivity contribution in [1.29, 1.82) is 0 Å². The first-order chi connectivity index (χ1) is 21.9. The molecule has 4 heterocycles. The summed E-state index contributed by atoms with van der Waals surface area (Å²) in [7, 11) is 3.12. The number of methoxy groups -OCH3 is 2. The number of benzene rings is 2. The number of aromatic nitrogens is 3. The largest absolute Gasteiger partial charge is 0.481 e. The maximum absolute atomic E-state index is 13.4. The fourth-order valence-corrected chi connectivity index (χ4v) is 6.63. The van der Waals surface area contributed by atoms with E-state index in [1.165, 1.54) is 24.4 Å². The molecule has 0 spiro atoms. The minimum Gasteiger partial charge on any atom is -0.481 e. The van der Waals surface area contributed by atoms with Crippen LogP contribution in [-0.4, -0.2) is 101 Å². The summed E-state index contributed by atoms with van der Waals surface area (Å²) in [5.41, 5.74) is 3.27. The second kappa shape index (κ2) is 16.3. The fourth-order valence-electron chi connectivity index (χ4n) is 6.63. The highest BCUT2D eigenvalue weighted by atomic mass is 35.5. The number of hydrogen-bond acceptors (Lipinski definition) is 10. The third-order valence-corrected chi connectivity index (χ3v) is 8.52. The second-order valence-corrected chi connectivity index (χ2v) is 11.7. The van der Waals surface area contributed by atoms with Crippen LogP contribution in [0.25, 0.3) is 0 Å². The van der Waals surface area contributed by atoms with Crippen LogP contribution in [0.15, 0.2) is 77.4 Å². The molecule has 0 N–H and O–H groups in total. The van der Waals surface area contributed by atoms with E-state index in [1.807, 2.05) is 18.7 Å². The average molecular weight is 686 g/mol. The number of halogens is 2. The van der Waals surface area contributed by atoms with Crippen molar-refractivity contribution in [2.75, 3.05) is 46.9 Å².